The monoisotopic (exact) mass is 253 g/mol. The van der Waals surface area contributed by atoms with Gasteiger partial charge in [0, 0.05) is 24.2 Å². The zero-order chi connectivity index (χ0) is 12.3. The van der Waals surface area contributed by atoms with Gasteiger partial charge in [-0.2, -0.15) is 0 Å². The first kappa shape index (κ1) is 13.0. The molecule has 4 heteroatoms. The van der Waals surface area contributed by atoms with Crippen molar-refractivity contribution in [2.24, 2.45) is 11.7 Å². The Kier molecular flexibility index (Phi) is 4.17. The lowest BCUT2D eigenvalue weighted by atomic mass is 9.84. The van der Waals surface area contributed by atoms with Crippen molar-refractivity contribution in [2.45, 2.75) is 51.1 Å². The summed E-state index contributed by atoms with van der Waals surface area (Å²) in [5.74, 6) is 0.628. The van der Waals surface area contributed by atoms with Crippen LogP contribution in [0.1, 0.15) is 44.5 Å². The maximum atomic E-state index is 6.17. The predicted octanol–water partition coefficient (Wildman–Crippen LogP) is 2.49. The lowest BCUT2D eigenvalue weighted by molar-refractivity contribution is 0.264. The van der Waals surface area contributed by atoms with E-state index in [2.05, 4.69) is 24.1 Å². The second kappa shape index (κ2) is 5.46. The van der Waals surface area contributed by atoms with E-state index in [9.17, 15) is 0 Å². The van der Waals surface area contributed by atoms with Gasteiger partial charge in [0.05, 0.1) is 5.54 Å². The second-order valence-corrected chi connectivity index (χ2v) is 6.45. The zero-order valence-corrected chi connectivity index (χ0v) is 11.6. The zero-order valence-electron chi connectivity index (χ0n) is 10.8. The van der Waals surface area contributed by atoms with Crippen molar-refractivity contribution in [3.05, 3.63) is 16.6 Å². The predicted molar refractivity (Wildman–Crippen MR) is 73.1 cm³/mol. The third-order valence-corrected chi connectivity index (χ3v) is 4.84. The van der Waals surface area contributed by atoms with Gasteiger partial charge in [-0.05, 0) is 32.6 Å². The van der Waals surface area contributed by atoms with Gasteiger partial charge < -0.3 is 11.1 Å². The average Bonchev–Trinajstić information content (AvgIpc) is 2.82. The molecule has 2 rings (SSSR count). The molecule has 3 nitrogen and oxygen atoms in total. The Morgan fingerprint density at radius 3 is 2.88 bits per heavy atom. The molecule has 1 aromatic rings. The quantitative estimate of drug-likeness (QED) is 0.867. The van der Waals surface area contributed by atoms with E-state index in [1.165, 1.54) is 25.7 Å². The second-order valence-electron chi connectivity index (χ2n) is 5.55. The average molecular weight is 253 g/mol. The molecule has 1 aliphatic carbocycles. The minimum atomic E-state index is -0.0364. The van der Waals surface area contributed by atoms with Gasteiger partial charge >= 0.3 is 0 Å². The first-order valence-corrected chi connectivity index (χ1v) is 7.38. The molecule has 1 heterocycles. The van der Waals surface area contributed by atoms with Crippen LogP contribution >= 0.6 is 11.3 Å². The molecule has 3 N–H and O–H groups in total. The van der Waals surface area contributed by atoms with Crippen LogP contribution in [-0.2, 0) is 5.54 Å². The molecule has 2 unspecified atom stereocenters. The summed E-state index contributed by atoms with van der Waals surface area (Å²) in [7, 11) is 0. The molecule has 1 aromatic heterocycles. The molecule has 0 amide bonds. The molecule has 0 radical (unpaired) electrons. The lowest BCUT2D eigenvalue weighted by Crippen LogP contribution is -2.45. The molecule has 1 fully saturated rings. The number of thiazole rings is 1. The number of hydrogen-bond donors (Lipinski definition) is 2. The number of nitrogens with one attached hydrogen (secondary N) is 1. The van der Waals surface area contributed by atoms with E-state index in [-0.39, 0.29) is 5.54 Å². The first-order chi connectivity index (χ1) is 8.09. The molecular formula is C13H23N3S. The van der Waals surface area contributed by atoms with Gasteiger partial charge in [0.1, 0.15) is 5.01 Å². The molecule has 0 spiro atoms. The van der Waals surface area contributed by atoms with Gasteiger partial charge in [-0.3, -0.25) is 0 Å². The van der Waals surface area contributed by atoms with Crippen molar-refractivity contribution in [1.82, 2.24) is 10.3 Å². The van der Waals surface area contributed by atoms with Crippen molar-refractivity contribution in [1.29, 1.82) is 0 Å². The van der Waals surface area contributed by atoms with Gasteiger partial charge in [-0.15, -0.1) is 11.3 Å². The van der Waals surface area contributed by atoms with E-state index in [1.807, 2.05) is 11.6 Å². The third-order valence-electron chi connectivity index (χ3n) is 3.74. The van der Waals surface area contributed by atoms with Crippen LogP contribution in [0.5, 0.6) is 0 Å². The Morgan fingerprint density at radius 2 is 2.24 bits per heavy atom. The van der Waals surface area contributed by atoms with Crippen LogP contribution in [0.3, 0.4) is 0 Å². The maximum Gasteiger partial charge on any atom is 0.112 e. The van der Waals surface area contributed by atoms with Gasteiger partial charge in [0.2, 0.25) is 0 Å². The van der Waals surface area contributed by atoms with Gasteiger partial charge in [-0.25, -0.2) is 4.98 Å². The third kappa shape index (κ3) is 3.27. The number of hydrogen-bond acceptors (Lipinski definition) is 4. The topological polar surface area (TPSA) is 50.9 Å². The van der Waals surface area contributed by atoms with Crippen LogP contribution in [0.4, 0.5) is 0 Å². The highest BCUT2D eigenvalue weighted by Gasteiger charge is 2.27. The molecule has 96 valence electrons. The largest absolute Gasteiger partial charge is 0.327 e. The van der Waals surface area contributed by atoms with Crippen LogP contribution in [0.25, 0.3) is 0 Å². The molecule has 1 aliphatic rings. The minimum Gasteiger partial charge on any atom is -0.327 e. The van der Waals surface area contributed by atoms with Gasteiger partial charge in [0.25, 0.3) is 0 Å². The molecule has 0 saturated heterocycles. The van der Waals surface area contributed by atoms with Crippen LogP contribution in [0, 0.1) is 5.92 Å². The van der Waals surface area contributed by atoms with Crippen molar-refractivity contribution < 1.29 is 0 Å². The summed E-state index contributed by atoms with van der Waals surface area (Å²) in [6.07, 6.45) is 6.95. The fourth-order valence-electron chi connectivity index (χ4n) is 2.48. The summed E-state index contributed by atoms with van der Waals surface area (Å²) >= 11 is 1.71. The van der Waals surface area contributed by atoms with Crippen LogP contribution in [0.2, 0.25) is 0 Å². The first-order valence-electron chi connectivity index (χ1n) is 6.50. The normalized spacial score (nSPS) is 26.1. The molecule has 0 bridgehead atoms. The van der Waals surface area contributed by atoms with Crippen molar-refractivity contribution in [3.63, 3.8) is 0 Å². The fraction of sp³-hybridized carbons (Fsp3) is 0.769. The van der Waals surface area contributed by atoms with E-state index < -0.39 is 0 Å². The summed E-state index contributed by atoms with van der Waals surface area (Å²) < 4.78 is 0. The van der Waals surface area contributed by atoms with Gasteiger partial charge in [0.15, 0.2) is 0 Å². The Hall–Kier alpha value is -0.450. The molecule has 2 atom stereocenters. The van der Waals surface area contributed by atoms with Crippen LogP contribution in [0.15, 0.2) is 11.6 Å². The Balaban J connectivity index is 1.88. The number of nitrogens with two attached hydrogens (primary N) is 1. The van der Waals surface area contributed by atoms with Crippen molar-refractivity contribution in [3.8, 4) is 0 Å². The summed E-state index contributed by atoms with van der Waals surface area (Å²) in [5.41, 5.74) is 6.14. The summed E-state index contributed by atoms with van der Waals surface area (Å²) in [6, 6.07) is 0.378. The summed E-state index contributed by atoms with van der Waals surface area (Å²) in [6.45, 7) is 5.40. The van der Waals surface area contributed by atoms with E-state index in [0.29, 0.717) is 12.0 Å². The molecule has 17 heavy (non-hydrogen) atoms. The van der Waals surface area contributed by atoms with Crippen molar-refractivity contribution >= 4 is 11.3 Å². The highest BCUT2D eigenvalue weighted by molar-refractivity contribution is 7.09. The van der Waals surface area contributed by atoms with Gasteiger partial charge in [-0.1, -0.05) is 12.8 Å². The Labute approximate surface area is 108 Å². The standard InChI is InChI=1S/C13H23N3S/c1-13(2,12-15-7-8-17-12)16-9-10-5-3-4-6-11(10)14/h7-8,10-11,16H,3-6,9,14H2,1-2H3. The van der Waals surface area contributed by atoms with Crippen molar-refractivity contribution in [2.75, 3.05) is 6.54 Å². The smallest absolute Gasteiger partial charge is 0.112 e. The maximum absolute atomic E-state index is 6.17. The Bertz CT molecular complexity index is 334. The lowest BCUT2D eigenvalue weighted by Gasteiger charge is -2.32. The highest BCUT2D eigenvalue weighted by Crippen LogP contribution is 2.26. The number of nitrogens with zero attached hydrogens (tertiary/aromatic N) is 1. The van der Waals surface area contributed by atoms with E-state index >= 15 is 0 Å². The van der Waals surface area contributed by atoms with Crippen LogP contribution in [-0.4, -0.2) is 17.6 Å². The molecule has 1 saturated carbocycles. The van der Waals surface area contributed by atoms with Crippen LogP contribution < -0.4 is 11.1 Å². The Morgan fingerprint density at radius 1 is 1.47 bits per heavy atom. The SMILES string of the molecule is CC(C)(NCC1CCCCC1N)c1nccs1. The summed E-state index contributed by atoms with van der Waals surface area (Å²) in [5, 5.41) is 6.82. The van der Waals surface area contributed by atoms with E-state index in [4.69, 9.17) is 5.73 Å². The van der Waals surface area contributed by atoms with E-state index in [1.54, 1.807) is 11.3 Å². The summed E-state index contributed by atoms with van der Waals surface area (Å²) in [4.78, 5) is 4.40. The molecule has 0 aliphatic heterocycles. The molecule has 0 aromatic carbocycles. The minimum absolute atomic E-state index is 0.0364. The molecular weight excluding hydrogens is 230 g/mol. The highest BCUT2D eigenvalue weighted by atomic mass is 32.1. The number of rotatable bonds is 4. The fourth-order valence-corrected chi connectivity index (χ4v) is 3.22. The number of aromatic nitrogens is 1. The van der Waals surface area contributed by atoms with E-state index in [0.717, 1.165) is 11.6 Å².